The second kappa shape index (κ2) is 6.17. The number of nitrogens with zero attached hydrogens (tertiary/aromatic N) is 6. The fraction of sp³-hybridized carbons (Fsp3) is 0.333. The molecule has 1 saturated carbocycles. The first-order valence-corrected chi connectivity index (χ1v) is 9.90. The number of fused-ring (bicyclic) bond motifs is 5. The SMILES string of the molecule is CN(C(=O)Cc1nc2n(n1)Cc1c(Cl)ncn1-c1ccc(Br)cc1-2)C1CC1. The Bertz CT molecular complexity index is 1070. The van der Waals surface area contributed by atoms with E-state index in [0.717, 1.165) is 40.1 Å². The van der Waals surface area contributed by atoms with Crippen molar-refractivity contribution in [1.29, 1.82) is 0 Å². The normalized spacial score (nSPS) is 14.9. The molecular weight excluding hydrogens is 432 g/mol. The van der Waals surface area contributed by atoms with Gasteiger partial charge < -0.3 is 4.90 Å². The lowest BCUT2D eigenvalue weighted by Gasteiger charge is -2.14. The summed E-state index contributed by atoms with van der Waals surface area (Å²) in [5.74, 6) is 1.30. The summed E-state index contributed by atoms with van der Waals surface area (Å²) in [6, 6.07) is 6.35. The molecule has 2 aromatic heterocycles. The Morgan fingerprint density at radius 2 is 2.22 bits per heavy atom. The molecule has 0 bridgehead atoms. The van der Waals surface area contributed by atoms with Crippen molar-refractivity contribution in [3.8, 4) is 17.1 Å². The predicted octanol–water partition coefficient (Wildman–Crippen LogP) is 3.07. The van der Waals surface area contributed by atoms with Crippen molar-refractivity contribution in [1.82, 2.24) is 29.2 Å². The summed E-state index contributed by atoms with van der Waals surface area (Å²) in [5, 5.41) is 5.05. The molecule has 3 heterocycles. The molecule has 0 saturated heterocycles. The highest BCUT2D eigenvalue weighted by molar-refractivity contribution is 9.10. The zero-order valence-corrected chi connectivity index (χ0v) is 16.9. The molecular formula is C18H16BrClN6O. The van der Waals surface area contributed by atoms with Crippen LogP contribution >= 0.6 is 27.5 Å². The summed E-state index contributed by atoms with van der Waals surface area (Å²) in [5.41, 5.74) is 2.70. The number of carbonyl (C=O) groups is 1. The highest BCUT2D eigenvalue weighted by Gasteiger charge is 2.31. The predicted molar refractivity (Wildman–Crippen MR) is 104 cm³/mol. The highest BCUT2D eigenvalue weighted by atomic mass is 79.9. The number of halogens is 2. The third kappa shape index (κ3) is 2.87. The van der Waals surface area contributed by atoms with E-state index < -0.39 is 0 Å². The van der Waals surface area contributed by atoms with Crippen molar-refractivity contribution >= 4 is 33.4 Å². The molecule has 3 aromatic rings. The van der Waals surface area contributed by atoms with Gasteiger partial charge in [0.1, 0.15) is 6.33 Å². The quantitative estimate of drug-likeness (QED) is 0.484. The first kappa shape index (κ1) is 16.9. The van der Waals surface area contributed by atoms with Gasteiger partial charge in [0.15, 0.2) is 16.8 Å². The van der Waals surface area contributed by atoms with Crippen LogP contribution < -0.4 is 0 Å². The number of hydrogen-bond donors (Lipinski definition) is 0. The Hall–Kier alpha value is -2.19. The highest BCUT2D eigenvalue weighted by Crippen LogP contribution is 2.34. The molecule has 138 valence electrons. The van der Waals surface area contributed by atoms with Crippen LogP contribution in [0.3, 0.4) is 0 Å². The van der Waals surface area contributed by atoms with E-state index in [1.165, 1.54) is 0 Å². The first-order chi connectivity index (χ1) is 13.0. The fourth-order valence-corrected chi connectivity index (χ4v) is 3.99. The topological polar surface area (TPSA) is 68.8 Å². The number of imidazole rings is 1. The van der Waals surface area contributed by atoms with Crippen LogP contribution in [0, 0.1) is 0 Å². The van der Waals surface area contributed by atoms with Gasteiger partial charge >= 0.3 is 0 Å². The van der Waals surface area contributed by atoms with E-state index in [1.54, 1.807) is 11.0 Å². The smallest absolute Gasteiger partial charge is 0.230 e. The number of carbonyl (C=O) groups excluding carboxylic acids is 1. The van der Waals surface area contributed by atoms with Crippen LogP contribution in [0.5, 0.6) is 0 Å². The molecule has 0 atom stereocenters. The number of likely N-dealkylation sites (N-methyl/N-ethyl adjacent to an activating group) is 1. The van der Waals surface area contributed by atoms with Gasteiger partial charge in [0.25, 0.3) is 0 Å². The summed E-state index contributed by atoms with van der Waals surface area (Å²) in [4.78, 5) is 23.2. The second-order valence-electron chi connectivity index (χ2n) is 6.94. The molecule has 0 radical (unpaired) electrons. The van der Waals surface area contributed by atoms with Gasteiger partial charge in [-0.05, 0) is 31.0 Å². The third-order valence-electron chi connectivity index (χ3n) is 5.09. The Morgan fingerprint density at radius 1 is 1.41 bits per heavy atom. The minimum atomic E-state index is 0.0517. The number of amides is 1. The van der Waals surface area contributed by atoms with Crippen molar-refractivity contribution in [2.75, 3.05) is 7.05 Å². The van der Waals surface area contributed by atoms with Crippen molar-refractivity contribution in [3.63, 3.8) is 0 Å². The van der Waals surface area contributed by atoms with Crippen molar-refractivity contribution in [3.05, 3.63) is 45.7 Å². The molecule has 1 amide bonds. The minimum Gasteiger partial charge on any atom is -0.342 e. The maximum atomic E-state index is 12.5. The van der Waals surface area contributed by atoms with E-state index in [-0.39, 0.29) is 12.3 Å². The molecule has 1 fully saturated rings. The van der Waals surface area contributed by atoms with Crippen LogP contribution in [-0.2, 0) is 17.8 Å². The molecule has 0 N–H and O–H groups in total. The van der Waals surface area contributed by atoms with Crippen LogP contribution in [0.15, 0.2) is 29.0 Å². The van der Waals surface area contributed by atoms with Gasteiger partial charge in [-0.1, -0.05) is 27.5 Å². The maximum Gasteiger partial charge on any atom is 0.230 e. The van der Waals surface area contributed by atoms with E-state index in [9.17, 15) is 4.79 Å². The zero-order chi connectivity index (χ0) is 18.7. The minimum absolute atomic E-state index is 0.0517. The van der Waals surface area contributed by atoms with Crippen LogP contribution in [-0.4, -0.2) is 48.2 Å². The zero-order valence-electron chi connectivity index (χ0n) is 14.6. The standard InChI is InChI=1S/C18H16BrClN6O/c1-24(11-3-4-11)16(27)7-15-22-18-12-6-10(19)2-5-13(12)25-9-21-17(20)14(25)8-26(18)23-15/h2,5-6,9,11H,3-4,7-8H2,1H3. The lowest BCUT2D eigenvalue weighted by Crippen LogP contribution is -2.30. The van der Waals surface area contributed by atoms with Gasteiger partial charge in [-0.2, -0.15) is 5.10 Å². The van der Waals surface area contributed by atoms with E-state index in [2.05, 4.69) is 26.0 Å². The molecule has 0 unspecified atom stereocenters. The van der Waals surface area contributed by atoms with Gasteiger partial charge in [0.2, 0.25) is 5.91 Å². The monoisotopic (exact) mass is 446 g/mol. The average molecular weight is 448 g/mol. The first-order valence-electron chi connectivity index (χ1n) is 8.72. The van der Waals surface area contributed by atoms with Gasteiger partial charge in [-0.25, -0.2) is 14.6 Å². The Kier molecular flexibility index (Phi) is 3.87. The lowest BCUT2D eigenvalue weighted by atomic mass is 10.1. The third-order valence-corrected chi connectivity index (χ3v) is 5.90. The second-order valence-corrected chi connectivity index (χ2v) is 8.21. The largest absolute Gasteiger partial charge is 0.342 e. The van der Waals surface area contributed by atoms with Crippen molar-refractivity contribution in [2.45, 2.75) is 31.8 Å². The van der Waals surface area contributed by atoms with Crippen LogP contribution in [0.25, 0.3) is 17.1 Å². The number of benzene rings is 1. The molecule has 0 spiro atoms. The van der Waals surface area contributed by atoms with Crippen LogP contribution in [0.1, 0.15) is 24.4 Å². The molecule has 1 aliphatic carbocycles. The van der Waals surface area contributed by atoms with Gasteiger partial charge in [0.05, 0.1) is 24.3 Å². The van der Waals surface area contributed by atoms with Gasteiger partial charge in [0, 0.05) is 23.1 Å². The van der Waals surface area contributed by atoms with Crippen molar-refractivity contribution < 1.29 is 4.79 Å². The van der Waals surface area contributed by atoms with E-state index in [4.69, 9.17) is 16.6 Å². The van der Waals surface area contributed by atoms with Crippen LogP contribution in [0.2, 0.25) is 5.15 Å². The lowest BCUT2D eigenvalue weighted by molar-refractivity contribution is -0.129. The summed E-state index contributed by atoms with van der Waals surface area (Å²) in [6.07, 6.45) is 4.08. The Labute approximate surface area is 169 Å². The van der Waals surface area contributed by atoms with Crippen LogP contribution in [0.4, 0.5) is 0 Å². The summed E-state index contributed by atoms with van der Waals surface area (Å²) in [7, 11) is 1.85. The Balaban J connectivity index is 1.58. The molecule has 1 aromatic carbocycles. The van der Waals surface area contributed by atoms with E-state index >= 15 is 0 Å². The molecule has 7 nitrogen and oxygen atoms in total. The number of rotatable bonds is 3. The molecule has 27 heavy (non-hydrogen) atoms. The average Bonchev–Trinajstić information content (AvgIpc) is 3.35. The van der Waals surface area contributed by atoms with Gasteiger partial charge in [-0.15, -0.1) is 0 Å². The molecule has 5 rings (SSSR count). The fourth-order valence-electron chi connectivity index (χ4n) is 3.44. The summed E-state index contributed by atoms with van der Waals surface area (Å²) >= 11 is 9.84. The van der Waals surface area contributed by atoms with E-state index in [1.807, 2.05) is 34.7 Å². The maximum absolute atomic E-state index is 12.5. The van der Waals surface area contributed by atoms with E-state index in [0.29, 0.717) is 23.6 Å². The molecule has 1 aliphatic heterocycles. The molecule has 2 aliphatic rings. The summed E-state index contributed by atoms with van der Waals surface area (Å²) in [6.45, 7) is 0.445. The number of aromatic nitrogens is 5. The molecule has 9 heteroatoms. The van der Waals surface area contributed by atoms with Crippen molar-refractivity contribution in [2.24, 2.45) is 0 Å². The number of hydrogen-bond acceptors (Lipinski definition) is 4. The van der Waals surface area contributed by atoms with Gasteiger partial charge in [-0.3, -0.25) is 9.36 Å². The summed E-state index contributed by atoms with van der Waals surface area (Å²) < 4.78 is 4.71. The Morgan fingerprint density at radius 3 is 3.00 bits per heavy atom.